The number of nitrogens with zero attached hydrogens (tertiary/aromatic N) is 2. The molecule has 2 aromatic carbocycles. The van der Waals surface area contributed by atoms with E-state index in [0.29, 0.717) is 12.2 Å². The molecule has 1 amide bonds. The van der Waals surface area contributed by atoms with Crippen LogP contribution in [-0.4, -0.2) is 10.5 Å². The van der Waals surface area contributed by atoms with E-state index in [2.05, 4.69) is 27.2 Å². The molecule has 1 N–H and O–H groups in total. The molecular weight excluding hydrogens is 390 g/mol. The standard InChI is InChI=1S/C21H14BrN3O/c1-2-10-25-14-16(19-8-3-4-9-20(19)25)11-15(13-23)21(26)24-18-7-5-6-17(22)12-18/h1,3-9,11-12,14H,10H2,(H,24,26)/b15-11+. The van der Waals surface area contributed by atoms with Crippen LogP contribution in [0.1, 0.15) is 5.56 Å². The topological polar surface area (TPSA) is 57.8 Å². The molecule has 126 valence electrons. The van der Waals surface area contributed by atoms with Crippen molar-refractivity contribution in [3.8, 4) is 18.4 Å². The van der Waals surface area contributed by atoms with E-state index in [1.54, 1.807) is 18.2 Å². The number of carbonyl (C=O) groups is 1. The van der Waals surface area contributed by atoms with Gasteiger partial charge < -0.3 is 9.88 Å². The number of terminal acetylenes is 1. The first-order valence-corrected chi connectivity index (χ1v) is 8.61. The van der Waals surface area contributed by atoms with Crippen LogP contribution >= 0.6 is 15.9 Å². The number of anilines is 1. The highest BCUT2D eigenvalue weighted by atomic mass is 79.9. The number of nitrogens with one attached hydrogen (secondary N) is 1. The Morgan fingerprint density at radius 1 is 1.27 bits per heavy atom. The average Bonchev–Trinajstić information content (AvgIpc) is 2.98. The van der Waals surface area contributed by atoms with Crippen LogP contribution < -0.4 is 5.32 Å². The Balaban J connectivity index is 1.97. The van der Waals surface area contributed by atoms with Crippen molar-refractivity contribution in [2.45, 2.75) is 6.54 Å². The molecule has 3 rings (SSSR count). The van der Waals surface area contributed by atoms with Crippen molar-refractivity contribution in [3.63, 3.8) is 0 Å². The largest absolute Gasteiger partial charge is 0.335 e. The molecule has 0 unspecified atom stereocenters. The van der Waals surface area contributed by atoms with E-state index < -0.39 is 5.91 Å². The normalized spacial score (nSPS) is 11.0. The summed E-state index contributed by atoms with van der Waals surface area (Å²) in [5, 5.41) is 13.1. The van der Waals surface area contributed by atoms with Crippen molar-refractivity contribution in [1.29, 1.82) is 5.26 Å². The van der Waals surface area contributed by atoms with Gasteiger partial charge in [-0.25, -0.2) is 0 Å². The highest BCUT2D eigenvalue weighted by Gasteiger charge is 2.12. The van der Waals surface area contributed by atoms with Crippen molar-refractivity contribution in [2.24, 2.45) is 0 Å². The molecule has 0 spiro atoms. The maximum absolute atomic E-state index is 12.5. The molecule has 1 heterocycles. The second kappa shape index (κ2) is 7.74. The summed E-state index contributed by atoms with van der Waals surface area (Å²) in [4.78, 5) is 12.5. The molecule has 3 aromatic rings. The van der Waals surface area contributed by atoms with E-state index in [0.717, 1.165) is 20.9 Å². The van der Waals surface area contributed by atoms with Gasteiger partial charge in [0.1, 0.15) is 11.6 Å². The van der Waals surface area contributed by atoms with E-state index in [-0.39, 0.29) is 5.57 Å². The number of hydrogen-bond acceptors (Lipinski definition) is 2. The van der Waals surface area contributed by atoms with Crippen LogP contribution in [0.4, 0.5) is 5.69 Å². The molecule has 4 nitrogen and oxygen atoms in total. The van der Waals surface area contributed by atoms with Crippen molar-refractivity contribution < 1.29 is 4.79 Å². The molecule has 0 aliphatic carbocycles. The second-order valence-corrected chi connectivity index (χ2v) is 6.48. The van der Waals surface area contributed by atoms with Gasteiger partial charge in [0.2, 0.25) is 0 Å². The van der Waals surface area contributed by atoms with Gasteiger partial charge in [0.05, 0.1) is 6.54 Å². The molecule has 0 saturated carbocycles. The zero-order chi connectivity index (χ0) is 18.5. The molecule has 0 radical (unpaired) electrons. The van der Waals surface area contributed by atoms with Gasteiger partial charge in [0, 0.05) is 32.8 Å². The maximum atomic E-state index is 12.5. The average molecular weight is 404 g/mol. The number of aromatic nitrogens is 1. The quantitative estimate of drug-likeness (QED) is 0.393. The molecule has 0 atom stereocenters. The minimum absolute atomic E-state index is 0.0218. The van der Waals surface area contributed by atoms with Gasteiger partial charge in [-0.2, -0.15) is 5.26 Å². The van der Waals surface area contributed by atoms with Gasteiger partial charge in [0.15, 0.2) is 0 Å². The molecule has 0 aliphatic heterocycles. The highest BCUT2D eigenvalue weighted by molar-refractivity contribution is 9.10. The van der Waals surface area contributed by atoms with E-state index in [9.17, 15) is 10.1 Å². The number of carbonyl (C=O) groups excluding carboxylic acids is 1. The lowest BCUT2D eigenvalue weighted by molar-refractivity contribution is -0.112. The Bertz CT molecular complexity index is 1100. The minimum atomic E-state index is -0.459. The van der Waals surface area contributed by atoms with Gasteiger partial charge in [-0.3, -0.25) is 4.79 Å². The summed E-state index contributed by atoms with van der Waals surface area (Å²) in [6, 6.07) is 16.9. The fourth-order valence-electron chi connectivity index (χ4n) is 2.69. The summed E-state index contributed by atoms with van der Waals surface area (Å²) in [6.07, 6.45) is 8.87. The first-order valence-electron chi connectivity index (χ1n) is 7.82. The molecular formula is C21H14BrN3O. The Kier molecular flexibility index (Phi) is 5.22. The monoisotopic (exact) mass is 403 g/mol. The van der Waals surface area contributed by atoms with Crippen molar-refractivity contribution in [1.82, 2.24) is 4.57 Å². The van der Waals surface area contributed by atoms with Gasteiger partial charge in [-0.1, -0.05) is 46.1 Å². The molecule has 0 fully saturated rings. The summed E-state index contributed by atoms with van der Waals surface area (Å²) >= 11 is 3.35. The van der Waals surface area contributed by atoms with Crippen molar-refractivity contribution in [3.05, 3.63) is 70.3 Å². The third-order valence-corrected chi connectivity index (χ3v) is 4.32. The third-order valence-electron chi connectivity index (χ3n) is 3.83. The first-order chi connectivity index (χ1) is 12.6. The van der Waals surface area contributed by atoms with E-state index in [4.69, 9.17) is 6.42 Å². The van der Waals surface area contributed by atoms with Gasteiger partial charge in [0.25, 0.3) is 5.91 Å². The summed E-state index contributed by atoms with van der Waals surface area (Å²) in [6.45, 7) is 0.417. The van der Waals surface area contributed by atoms with Gasteiger partial charge in [-0.15, -0.1) is 6.42 Å². The third kappa shape index (κ3) is 3.69. The lowest BCUT2D eigenvalue weighted by Crippen LogP contribution is -2.13. The summed E-state index contributed by atoms with van der Waals surface area (Å²) in [7, 11) is 0. The van der Waals surface area contributed by atoms with E-state index in [1.165, 1.54) is 0 Å². The fourth-order valence-corrected chi connectivity index (χ4v) is 3.09. The number of amides is 1. The van der Waals surface area contributed by atoms with Crippen LogP contribution in [0, 0.1) is 23.7 Å². The first kappa shape index (κ1) is 17.5. The predicted octanol–water partition coefficient (Wildman–Crippen LogP) is 4.58. The number of fused-ring (bicyclic) bond motifs is 1. The number of nitriles is 1. The maximum Gasteiger partial charge on any atom is 0.266 e. The van der Waals surface area contributed by atoms with Crippen LogP contribution in [0.3, 0.4) is 0 Å². The van der Waals surface area contributed by atoms with Crippen molar-refractivity contribution in [2.75, 3.05) is 5.32 Å². The SMILES string of the molecule is C#CCn1cc(/C=C(\C#N)C(=O)Nc2cccc(Br)c2)c2ccccc21. The summed E-state index contributed by atoms with van der Waals surface area (Å²) in [5.41, 5.74) is 2.37. The minimum Gasteiger partial charge on any atom is -0.335 e. The number of rotatable bonds is 4. The molecule has 0 aliphatic rings. The molecule has 0 saturated heterocycles. The van der Waals surface area contributed by atoms with Gasteiger partial charge >= 0.3 is 0 Å². The van der Waals surface area contributed by atoms with Gasteiger partial charge in [-0.05, 0) is 30.3 Å². The smallest absolute Gasteiger partial charge is 0.266 e. The Labute approximate surface area is 159 Å². The van der Waals surface area contributed by atoms with Crippen LogP contribution in [0.2, 0.25) is 0 Å². The zero-order valence-electron chi connectivity index (χ0n) is 13.7. The molecule has 0 bridgehead atoms. The second-order valence-electron chi connectivity index (χ2n) is 5.57. The molecule has 5 heteroatoms. The number of halogens is 1. The number of para-hydroxylation sites is 1. The van der Waals surface area contributed by atoms with Crippen LogP contribution in [0.15, 0.2) is 64.8 Å². The number of benzene rings is 2. The van der Waals surface area contributed by atoms with E-state index in [1.807, 2.05) is 53.2 Å². The summed E-state index contributed by atoms with van der Waals surface area (Å²) < 4.78 is 2.76. The van der Waals surface area contributed by atoms with Crippen molar-refractivity contribution >= 4 is 44.5 Å². The number of hydrogen-bond donors (Lipinski definition) is 1. The zero-order valence-corrected chi connectivity index (χ0v) is 15.3. The Morgan fingerprint density at radius 3 is 2.81 bits per heavy atom. The van der Waals surface area contributed by atoms with E-state index >= 15 is 0 Å². The lowest BCUT2D eigenvalue weighted by atomic mass is 10.1. The lowest BCUT2D eigenvalue weighted by Gasteiger charge is -2.04. The fraction of sp³-hybridized carbons (Fsp3) is 0.0476. The van der Waals surface area contributed by atoms with Crippen LogP contribution in [0.5, 0.6) is 0 Å². The summed E-state index contributed by atoms with van der Waals surface area (Å²) in [5.74, 6) is 2.15. The van der Waals surface area contributed by atoms with Crippen LogP contribution in [-0.2, 0) is 11.3 Å². The highest BCUT2D eigenvalue weighted by Crippen LogP contribution is 2.24. The Hall–Kier alpha value is -3.28. The predicted molar refractivity (Wildman–Crippen MR) is 107 cm³/mol. The molecule has 1 aromatic heterocycles. The van der Waals surface area contributed by atoms with Crippen LogP contribution in [0.25, 0.3) is 17.0 Å². The Morgan fingerprint density at radius 2 is 2.08 bits per heavy atom. The molecule has 26 heavy (non-hydrogen) atoms.